The molecule has 0 spiro atoms. The summed E-state index contributed by atoms with van der Waals surface area (Å²) >= 11 is 0. The number of nitrogens with zero attached hydrogens (tertiary/aromatic N) is 7. The van der Waals surface area contributed by atoms with E-state index >= 15 is 0 Å². The van der Waals surface area contributed by atoms with E-state index in [1.807, 2.05) is 17.9 Å². The van der Waals surface area contributed by atoms with Crippen LogP contribution in [0.2, 0.25) is 0 Å². The minimum Gasteiger partial charge on any atom is -0.403 e. The zero-order valence-electron chi connectivity index (χ0n) is 16.5. The van der Waals surface area contributed by atoms with Crippen LogP contribution in [0.15, 0.2) is 53.6 Å². The molecule has 0 aliphatic carbocycles. The molecule has 0 aromatic carbocycles. The number of halogens is 1. The fourth-order valence-corrected chi connectivity index (χ4v) is 4.07. The minimum atomic E-state index is -0.388. The summed E-state index contributed by atoms with van der Waals surface area (Å²) in [6.45, 7) is 2.56. The van der Waals surface area contributed by atoms with Crippen LogP contribution >= 0.6 is 0 Å². The van der Waals surface area contributed by atoms with E-state index in [0.717, 1.165) is 28.9 Å². The van der Waals surface area contributed by atoms with Crippen molar-refractivity contribution in [1.29, 1.82) is 0 Å². The van der Waals surface area contributed by atoms with Crippen molar-refractivity contribution in [1.82, 2.24) is 34.8 Å². The predicted molar refractivity (Wildman–Crippen MR) is 109 cm³/mol. The molecule has 1 atom stereocenters. The Morgan fingerprint density at radius 2 is 2.19 bits per heavy atom. The molecule has 6 heterocycles. The van der Waals surface area contributed by atoms with Gasteiger partial charge in [-0.2, -0.15) is 5.10 Å². The molecule has 6 rings (SSSR count). The van der Waals surface area contributed by atoms with Crippen LogP contribution in [0.3, 0.4) is 0 Å². The van der Waals surface area contributed by atoms with Gasteiger partial charge in [-0.05, 0) is 36.8 Å². The average molecular weight is 416 g/mol. The van der Waals surface area contributed by atoms with Gasteiger partial charge in [0.25, 0.3) is 0 Å². The predicted octanol–water partition coefficient (Wildman–Crippen LogP) is 3.10. The summed E-state index contributed by atoms with van der Waals surface area (Å²) in [5.74, 6) is 0.0848. The van der Waals surface area contributed by atoms with E-state index < -0.39 is 0 Å². The normalized spacial score (nSPS) is 16.1. The first kappa shape index (κ1) is 17.8. The first-order chi connectivity index (χ1) is 15.2. The molecule has 154 valence electrons. The van der Waals surface area contributed by atoms with Crippen molar-refractivity contribution in [3.8, 4) is 11.5 Å². The molecule has 31 heavy (non-hydrogen) atoms. The number of pyridine rings is 2. The highest BCUT2D eigenvalue weighted by Crippen LogP contribution is 2.37. The van der Waals surface area contributed by atoms with Crippen molar-refractivity contribution < 1.29 is 8.81 Å². The molecule has 0 radical (unpaired) electrons. The Morgan fingerprint density at radius 1 is 1.26 bits per heavy atom. The number of aromatic amines is 1. The van der Waals surface area contributed by atoms with Crippen LogP contribution in [0.1, 0.15) is 28.7 Å². The molecule has 1 aliphatic heterocycles. The molecule has 9 nitrogen and oxygen atoms in total. The molecule has 10 heteroatoms. The van der Waals surface area contributed by atoms with E-state index in [9.17, 15) is 4.39 Å². The number of hydrogen-bond donors (Lipinski definition) is 1. The van der Waals surface area contributed by atoms with Crippen molar-refractivity contribution >= 4 is 11.5 Å². The molecule has 0 saturated heterocycles. The highest BCUT2D eigenvalue weighted by Gasteiger charge is 2.36. The smallest absolute Gasteiger partial charge is 0.319 e. The number of hydrogen-bond acceptors (Lipinski definition) is 7. The molecule has 1 aliphatic rings. The summed E-state index contributed by atoms with van der Waals surface area (Å²) in [7, 11) is 0. The van der Waals surface area contributed by atoms with E-state index in [4.69, 9.17) is 4.42 Å². The number of aromatic nitrogens is 7. The lowest BCUT2D eigenvalue weighted by atomic mass is 10.0. The number of aryl methyl sites for hydroxylation is 1. The van der Waals surface area contributed by atoms with Gasteiger partial charge in [-0.1, -0.05) is 5.10 Å². The molecule has 0 bridgehead atoms. The summed E-state index contributed by atoms with van der Waals surface area (Å²) in [6.07, 6.45) is 7.56. The molecule has 0 saturated carbocycles. The van der Waals surface area contributed by atoms with Crippen LogP contribution in [0.25, 0.3) is 17.0 Å². The fraction of sp³-hybridized carbons (Fsp3) is 0.190. The summed E-state index contributed by atoms with van der Waals surface area (Å²) in [5.41, 5.74) is 4.66. The molecule has 1 N–H and O–H groups in total. The maximum Gasteiger partial charge on any atom is 0.319 e. The Balaban J connectivity index is 1.46. The molecule has 0 fully saturated rings. The summed E-state index contributed by atoms with van der Waals surface area (Å²) in [5, 5.41) is 13.2. The van der Waals surface area contributed by atoms with Gasteiger partial charge < -0.3 is 14.3 Å². The fourth-order valence-electron chi connectivity index (χ4n) is 4.07. The van der Waals surface area contributed by atoms with Gasteiger partial charge in [0.1, 0.15) is 17.4 Å². The highest BCUT2D eigenvalue weighted by molar-refractivity contribution is 5.58. The van der Waals surface area contributed by atoms with Crippen LogP contribution in [-0.4, -0.2) is 41.3 Å². The quantitative estimate of drug-likeness (QED) is 0.482. The van der Waals surface area contributed by atoms with Crippen LogP contribution in [0.5, 0.6) is 0 Å². The first-order valence-electron chi connectivity index (χ1n) is 9.86. The van der Waals surface area contributed by atoms with E-state index in [2.05, 4.69) is 30.2 Å². The van der Waals surface area contributed by atoms with Gasteiger partial charge in [0.05, 0.1) is 17.7 Å². The molecule has 5 aromatic rings. The van der Waals surface area contributed by atoms with Crippen LogP contribution in [-0.2, 0) is 6.42 Å². The van der Waals surface area contributed by atoms with Crippen molar-refractivity contribution in [2.75, 3.05) is 11.4 Å². The number of rotatable bonds is 3. The van der Waals surface area contributed by atoms with E-state index in [1.165, 1.54) is 10.6 Å². The third-order valence-electron chi connectivity index (χ3n) is 5.59. The second-order valence-corrected chi connectivity index (χ2v) is 7.45. The highest BCUT2D eigenvalue weighted by atomic mass is 19.1. The van der Waals surface area contributed by atoms with Crippen molar-refractivity contribution in [2.24, 2.45) is 0 Å². The lowest BCUT2D eigenvalue weighted by Crippen LogP contribution is -2.36. The van der Waals surface area contributed by atoms with Crippen LogP contribution < -0.4 is 4.90 Å². The number of fused-ring (bicyclic) bond motifs is 2. The summed E-state index contributed by atoms with van der Waals surface area (Å²) < 4.78 is 21.9. The summed E-state index contributed by atoms with van der Waals surface area (Å²) in [4.78, 5) is 13.8. The van der Waals surface area contributed by atoms with Crippen molar-refractivity contribution in [3.05, 3.63) is 77.6 Å². The van der Waals surface area contributed by atoms with E-state index in [1.54, 1.807) is 37.1 Å². The van der Waals surface area contributed by atoms with E-state index in [0.29, 0.717) is 29.7 Å². The van der Waals surface area contributed by atoms with Gasteiger partial charge in [0, 0.05) is 42.8 Å². The topological polar surface area (TPSA) is 101 Å². The lowest BCUT2D eigenvalue weighted by Gasteiger charge is -2.32. The van der Waals surface area contributed by atoms with Gasteiger partial charge in [0.2, 0.25) is 5.89 Å². The second kappa shape index (κ2) is 6.73. The molecule has 0 unspecified atom stereocenters. The zero-order chi connectivity index (χ0) is 20.9. The third kappa shape index (κ3) is 2.79. The number of H-pyrrole nitrogens is 1. The minimum absolute atomic E-state index is 0.334. The summed E-state index contributed by atoms with van der Waals surface area (Å²) in [6, 6.07) is 6.60. The number of imidazole rings is 1. The maximum absolute atomic E-state index is 14.3. The Kier molecular flexibility index (Phi) is 3.85. The average Bonchev–Trinajstić information content (AvgIpc) is 3.52. The standard InChI is InChI=1S/C21H17FN8O/c1-12-10-23-6-4-13(12)20-26-27-21(31-20)29-8-5-15-18(25-11-24-15)19(29)16-9-17-14(22)3-2-7-30(17)28-16/h2-4,6-7,9-11,19H,5,8H2,1H3,(H,24,25)/t19-/m0/s1. The first-order valence-corrected chi connectivity index (χ1v) is 9.86. The second-order valence-electron chi connectivity index (χ2n) is 7.45. The SMILES string of the molecule is Cc1cnccc1-c1nnc(N2CCc3[nH]cnc3[C@@H]2c2cc3c(F)cccn3n2)o1. The van der Waals surface area contributed by atoms with Crippen molar-refractivity contribution in [3.63, 3.8) is 0 Å². The number of anilines is 1. The van der Waals surface area contributed by atoms with E-state index in [-0.39, 0.29) is 11.9 Å². The third-order valence-corrected chi connectivity index (χ3v) is 5.59. The largest absolute Gasteiger partial charge is 0.403 e. The van der Waals surface area contributed by atoms with Crippen LogP contribution in [0.4, 0.5) is 10.4 Å². The zero-order valence-corrected chi connectivity index (χ0v) is 16.5. The Labute approximate surface area is 175 Å². The number of nitrogens with one attached hydrogen (secondary N) is 1. The molecular formula is C21H17FN8O. The van der Waals surface area contributed by atoms with Gasteiger partial charge in [-0.15, -0.1) is 5.10 Å². The van der Waals surface area contributed by atoms with Gasteiger partial charge in [-0.25, -0.2) is 13.9 Å². The van der Waals surface area contributed by atoms with Gasteiger partial charge in [-0.3, -0.25) is 4.98 Å². The molecule has 0 amide bonds. The van der Waals surface area contributed by atoms with Crippen molar-refractivity contribution in [2.45, 2.75) is 19.4 Å². The Hall–Kier alpha value is -4.08. The van der Waals surface area contributed by atoms with Crippen LogP contribution in [0, 0.1) is 12.7 Å². The lowest BCUT2D eigenvalue weighted by molar-refractivity contribution is 0.503. The Morgan fingerprint density at radius 3 is 3.06 bits per heavy atom. The maximum atomic E-state index is 14.3. The molecular weight excluding hydrogens is 399 g/mol. The van der Waals surface area contributed by atoms with Gasteiger partial charge in [0.15, 0.2) is 0 Å². The Bertz CT molecular complexity index is 1400. The molecule has 5 aromatic heterocycles. The monoisotopic (exact) mass is 416 g/mol. The van der Waals surface area contributed by atoms with Gasteiger partial charge >= 0.3 is 6.01 Å².